The second-order valence-electron chi connectivity index (χ2n) is 4.29. The maximum absolute atomic E-state index is 5.29. The van der Waals surface area contributed by atoms with Gasteiger partial charge in [-0.25, -0.2) is 4.98 Å². The number of rotatable bonds is 3. The molecule has 2 aromatic rings. The normalized spacial score (nSPS) is 19.1. The molecule has 3 heterocycles. The number of nitrogens with one attached hydrogen (secondary N) is 2. The molecule has 1 atom stereocenters. The lowest BCUT2D eigenvalue weighted by atomic mass is 10.2. The van der Waals surface area contributed by atoms with Gasteiger partial charge < -0.3 is 15.2 Å². The molecule has 0 radical (unpaired) electrons. The van der Waals surface area contributed by atoms with Gasteiger partial charge >= 0.3 is 0 Å². The smallest absolute Gasteiger partial charge is 0.244 e. The van der Waals surface area contributed by atoms with Crippen LogP contribution in [0.25, 0.3) is 11.4 Å². The van der Waals surface area contributed by atoms with E-state index in [0.29, 0.717) is 11.7 Å². The van der Waals surface area contributed by atoms with E-state index in [1.165, 1.54) is 0 Å². The quantitative estimate of drug-likeness (QED) is 0.855. The number of pyridine rings is 1. The molecule has 2 N–H and O–H groups in total. The van der Waals surface area contributed by atoms with Crippen molar-refractivity contribution in [1.82, 2.24) is 20.4 Å². The molecule has 0 spiro atoms. The SMILES string of the molecule is CNc1ccc(-c2noc(C3CCCN3)n2)cn1. The Hall–Kier alpha value is -1.95. The largest absolute Gasteiger partial charge is 0.373 e. The van der Waals surface area contributed by atoms with Gasteiger partial charge in [0, 0.05) is 18.8 Å². The Labute approximate surface area is 105 Å². The Kier molecular flexibility index (Phi) is 2.93. The summed E-state index contributed by atoms with van der Waals surface area (Å²) in [6, 6.07) is 4.02. The summed E-state index contributed by atoms with van der Waals surface area (Å²) >= 11 is 0. The first-order valence-corrected chi connectivity index (χ1v) is 6.08. The van der Waals surface area contributed by atoms with Gasteiger partial charge in [-0.15, -0.1) is 0 Å². The molecule has 0 aliphatic carbocycles. The van der Waals surface area contributed by atoms with Crippen LogP contribution in [0.5, 0.6) is 0 Å². The first-order chi connectivity index (χ1) is 8.86. The standard InChI is InChI=1S/C12H15N5O/c1-13-10-5-4-8(7-15-10)11-16-12(18-17-11)9-3-2-6-14-9/h4-5,7,9,14H,2-3,6H2,1H3,(H,13,15). The van der Waals surface area contributed by atoms with Gasteiger partial charge in [0.15, 0.2) is 0 Å². The first-order valence-electron chi connectivity index (χ1n) is 6.08. The molecule has 0 aromatic carbocycles. The van der Waals surface area contributed by atoms with Crippen LogP contribution < -0.4 is 10.6 Å². The summed E-state index contributed by atoms with van der Waals surface area (Å²) in [5.41, 5.74) is 0.863. The molecule has 1 saturated heterocycles. The monoisotopic (exact) mass is 245 g/mol. The Morgan fingerprint density at radius 1 is 1.44 bits per heavy atom. The number of aromatic nitrogens is 3. The minimum absolute atomic E-state index is 0.204. The number of nitrogens with zero attached hydrogens (tertiary/aromatic N) is 3. The second-order valence-corrected chi connectivity index (χ2v) is 4.29. The third-order valence-electron chi connectivity index (χ3n) is 3.08. The lowest BCUT2D eigenvalue weighted by Gasteiger charge is -2.01. The predicted molar refractivity (Wildman–Crippen MR) is 67.1 cm³/mol. The zero-order valence-electron chi connectivity index (χ0n) is 10.2. The van der Waals surface area contributed by atoms with Crippen LogP contribution in [0.1, 0.15) is 24.8 Å². The van der Waals surface area contributed by atoms with Gasteiger partial charge in [-0.05, 0) is 31.5 Å². The summed E-state index contributed by atoms with van der Waals surface area (Å²) in [5.74, 6) is 2.08. The van der Waals surface area contributed by atoms with Gasteiger partial charge in [-0.1, -0.05) is 5.16 Å². The molecule has 6 heteroatoms. The van der Waals surface area contributed by atoms with Crippen LogP contribution in [-0.4, -0.2) is 28.7 Å². The fraction of sp³-hybridized carbons (Fsp3) is 0.417. The third kappa shape index (κ3) is 2.06. The van der Waals surface area contributed by atoms with Crippen LogP contribution >= 0.6 is 0 Å². The van der Waals surface area contributed by atoms with Crippen molar-refractivity contribution in [3.63, 3.8) is 0 Å². The Bertz CT molecular complexity index is 516. The first kappa shape index (κ1) is 11.2. The van der Waals surface area contributed by atoms with Gasteiger partial charge in [0.25, 0.3) is 0 Å². The highest BCUT2D eigenvalue weighted by atomic mass is 16.5. The Balaban J connectivity index is 1.82. The van der Waals surface area contributed by atoms with Crippen LogP contribution in [-0.2, 0) is 0 Å². The molecule has 0 bridgehead atoms. The van der Waals surface area contributed by atoms with E-state index in [1.807, 2.05) is 19.2 Å². The van der Waals surface area contributed by atoms with Crippen molar-refractivity contribution in [2.75, 3.05) is 18.9 Å². The van der Waals surface area contributed by atoms with Crippen molar-refractivity contribution in [3.8, 4) is 11.4 Å². The van der Waals surface area contributed by atoms with E-state index < -0.39 is 0 Å². The molecule has 1 fully saturated rings. The van der Waals surface area contributed by atoms with E-state index >= 15 is 0 Å². The van der Waals surface area contributed by atoms with Crippen molar-refractivity contribution in [1.29, 1.82) is 0 Å². The average Bonchev–Trinajstić information content (AvgIpc) is 3.09. The number of hydrogen-bond donors (Lipinski definition) is 2. The van der Waals surface area contributed by atoms with E-state index in [4.69, 9.17) is 4.52 Å². The highest BCUT2D eigenvalue weighted by Gasteiger charge is 2.22. The van der Waals surface area contributed by atoms with Crippen LogP contribution in [0, 0.1) is 0 Å². The van der Waals surface area contributed by atoms with E-state index in [9.17, 15) is 0 Å². The molecule has 1 aliphatic heterocycles. The van der Waals surface area contributed by atoms with Crippen LogP contribution in [0.3, 0.4) is 0 Å². The molecule has 2 aromatic heterocycles. The Morgan fingerprint density at radius 2 is 2.39 bits per heavy atom. The summed E-state index contributed by atoms with van der Waals surface area (Å²) in [6.45, 7) is 1.01. The molecular formula is C12H15N5O. The minimum Gasteiger partial charge on any atom is -0.373 e. The zero-order valence-corrected chi connectivity index (χ0v) is 10.2. The van der Waals surface area contributed by atoms with Gasteiger partial charge in [0.2, 0.25) is 11.7 Å². The summed E-state index contributed by atoms with van der Waals surface area (Å²) in [4.78, 5) is 8.65. The minimum atomic E-state index is 0.204. The van der Waals surface area contributed by atoms with Crippen molar-refractivity contribution < 1.29 is 4.52 Å². The molecule has 94 valence electrons. The molecular weight excluding hydrogens is 230 g/mol. The lowest BCUT2D eigenvalue weighted by Crippen LogP contribution is -2.12. The topological polar surface area (TPSA) is 75.9 Å². The van der Waals surface area contributed by atoms with E-state index in [-0.39, 0.29) is 6.04 Å². The van der Waals surface area contributed by atoms with E-state index in [2.05, 4.69) is 25.8 Å². The second kappa shape index (κ2) is 4.73. The number of hydrogen-bond acceptors (Lipinski definition) is 6. The maximum atomic E-state index is 5.29. The molecule has 6 nitrogen and oxygen atoms in total. The molecule has 1 unspecified atom stereocenters. The summed E-state index contributed by atoms with van der Waals surface area (Å²) < 4.78 is 5.29. The van der Waals surface area contributed by atoms with Crippen molar-refractivity contribution in [2.24, 2.45) is 0 Å². The molecule has 3 rings (SSSR count). The molecule has 1 aliphatic rings. The fourth-order valence-electron chi connectivity index (χ4n) is 2.06. The highest BCUT2D eigenvalue weighted by molar-refractivity contribution is 5.55. The summed E-state index contributed by atoms with van der Waals surface area (Å²) in [7, 11) is 1.83. The molecule has 18 heavy (non-hydrogen) atoms. The van der Waals surface area contributed by atoms with E-state index in [1.54, 1.807) is 6.20 Å². The summed E-state index contributed by atoms with van der Waals surface area (Å²) in [5, 5.41) is 10.3. The van der Waals surface area contributed by atoms with Crippen molar-refractivity contribution >= 4 is 5.82 Å². The molecule has 0 saturated carbocycles. The zero-order chi connectivity index (χ0) is 12.4. The van der Waals surface area contributed by atoms with Crippen molar-refractivity contribution in [2.45, 2.75) is 18.9 Å². The fourth-order valence-corrected chi connectivity index (χ4v) is 2.06. The van der Waals surface area contributed by atoms with Crippen molar-refractivity contribution in [3.05, 3.63) is 24.2 Å². The van der Waals surface area contributed by atoms with Crippen LogP contribution in [0.2, 0.25) is 0 Å². The lowest BCUT2D eigenvalue weighted by molar-refractivity contribution is 0.345. The highest BCUT2D eigenvalue weighted by Crippen LogP contribution is 2.24. The summed E-state index contributed by atoms with van der Waals surface area (Å²) in [6.07, 6.45) is 3.95. The predicted octanol–water partition coefficient (Wildman–Crippen LogP) is 1.60. The molecule has 0 amide bonds. The average molecular weight is 245 g/mol. The van der Waals surface area contributed by atoms with Crippen LogP contribution in [0.4, 0.5) is 5.82 Å². The van der Waals surface area contributed by atoms with E-state index in [0.717, 1.165) is 30.8 Å². The van der Waals surface area contributed by atoms with Gasteiger partial charge in [-0.3, -0.25) is 0 Å². The number of anilines is 1. The van der Waals surface area contributed by atoms with Gasteiger partial charge in [0.05, 0.1) is 6.04 Å². The Morgan fingerprint density at radius 3 is 3.06 bits per heavy atom. The maximum Gasteiger partial charge on any atom is 0.244 e. The van der Waals surface area contributed by atoms with Crippen LogP contribution in [0.15, 0.2) is 22.9 Å². The van der Waals surface area contributed by atoms with Gasteiger partial charge in [-0.2, -0.15) is 4.98 Å². The van der Waals surface area contributed by atoms with Gasteiger partial charge in [0.1, 0.15) is 5.82 Å². The third-order valence-corrected chi connectivity index (χ3v) is 3.08.